The van der Waals surface area contributed by atoms with E-state index in [-0.39, 0.29) is 0 Å². The molecule has 0 spiro atoms. The molecule has 0 bridgehead atoms. The average Bonchev–Trinajstić information content (AvgIpc) is 3.28. The monoisotopic (exact) mass is 392 g/mol. The number of likely N-dealkylation sites (tertiary alicyclic amines) is 1. The molecule has 1 N–H and O–H groups in total. The van der Waals surface area contributed by atoms with Crippen molar-refractivity contribution >= 4 is 17.4 Å². The van der Waals surface area contributed by atoms with Gasteiger partial charge in [-0.15, -0.1) is 0 Å². The molecular weight excluding hydrogens is 368 g/mol. The Kier molecular flexibility index (Phi) is 5.89. The predicted octanol–water partition coefficient (Wildman–Crippen LogP) is 5.36. The Morgan fingerprint density at radius 1 is 0.893 bits per heavy atom. The van der Waals surface area contributed by atoms with Crippen LogP contribution in [0.5, 0.6) is 0 Å². The van der Waals surface area contributed by atoms with Crippen molar-refractivity contribution in [1.29, 1.82) is 0 Å². The third-order valence-corrected chi connectivity index (χ3v) is 5.59. The van der Waals surface area contributed by atoms with Gasteiger partial charge >= 0.3 is 0 Å². The zero-order valence-electron chi connectivity index (χ0n) is 16.1. The van der Waals surface area contributed by atoms with E-state index in [9.17, 15) is 0 Å². The molecule has 0 radical (unpaired) electrons. The van der Waals surface area contributed by atoms with Gasteiger partial charge in [-0.2, -0.15) is 0 Å². The van der Waals surface area contributed by atoms with Crippen LogP contribution in [0, 0.1) is 0 Å². The number of benzene rings is 1. The first kappa shape index (κ1) is 18.9. The summed E-state index contributed by atoms with van der Waals surface area (Å²) in [6.45, 7) is 5.62. The van der Waals surface area contributed by atoms with Crippen molar-refractivity contribution in [2.24, 2.45) is 0 Å². The Balaban J connectivity index is 1.38. The molecular formula is C23H25ClN4. The number of nitrogens with zero attached hydrogens (tertiary/aromatic N) is 3. The molecule has 0 saturated carbocycles. The number of halogens is 1. The number of hydrogen-bond acceptors (Lipinski definition) is 4. The van der Waals surface area contributed by atoms with Crippen molar-refractivity contribution in [3.8, 4) is 22.4 Å². The first-order valence-corrected chi connectivity index (χ1v) is 10.2. The van der Waals surface area contributed by atoms with Gasteiger partial charge in [-0.25, -0.2) is 4.98 Å². The Bertz CT molecular complexity index is 885. The second-order valence-corrected chi connectivity index (χ2v) is 7.78. The lowest BCUT2D eigenvalue weighted by Crippen LogP contribution is -2.35. The average molecular weight is 393 g/mol. The Morgan fingerprint density at radius 3 is 2.21 bits per heavy atom. The first-order chi connectivity index (χ1) is 13.7. The summed E-state index contributed by atoms with van der Waals surface area (Å²) >= 11 is 5.96. The molecule has 1 aromatic carbocycles. The van der Waals surface area contributed by atoms with Gasteiger partial charge in [0.05, 0.1) is 5.69 Å². The van der Waals surface area contributed by atoms with E-state index in [1.54, 1.807) is 0 Å². The van der Waals surface area contributed by atoms with Crippen molar-refractivity contribution in [3.63, 3.8) is 0 Å². The second kappa shape index (κ2) is 8.72. The van der Waals surface area contributed by atoms with E-state index in [1.807, 2.05) is 48.8 Å². The number of nitrogens with one attached hydrogen (secondary N) is 1. The first-order valence-electron chi connectivity index (χ1n) is 9.85. The topological polar surface area (TPSA) is 41.1 Å². The van der Waals surface area contributed by atoms with Crippen LogP contribution < -0.4 is 5.32 Å². The second-order valence-electron chi connectivity index (χ2n) is 7.34. The number of anilines is 1. The van der Waals surface area contributed by atoms with Gasteiger partial charge in [0.25, 0.3) is 0 Å². The van der Waals surface area contributed by atoms with E-state index in [2.05, 4.69) is 39.2 Å². The molecule has 1 saturated heterocycles. The van der Waals surface area contributed by atoms with Crippen LogP contribution in [0.3, 0.4) is 0 Å². The number of pyridine rings is 2. The van der Waals surface area contributed by atoms with Crippen LogP contribution in [0.25, 0.3) is 22.4 Å². The normalized spacial score (nSPS) is 15.5. The molecule has 1 aliphatic heterocycles. The van der Waals surface area contributed by atoms with E-state index >= 15 is 0 Å². The van der Waals surface area contributed by atoms with E-state index in [1.165, 1.54) is 25.9 Å². The molecule has 28 heavy (non-hydrogen) atoms. The Morgan fingerprint density at radius 2 is 1.57 bits per heavy atom. The maximum absolute atomic E-state index is 5.96. The summed E-state index contributed by atoms with van der Waals surface area (Å²) < 4.78 is 0. The highest BCUT2D eigenvalue weighted by Gasteiger charge is 2.17. The molecule has 1 unspecified atom stereocenters. The number of aromatic nitrogens is 2. The van der Waals surface area contributed by atoms with E-state index in [0.29, 0.717) is 6.04 Å². The largest absolute Gasteiger partial charge is 0.369 e. The molecule has 2 aromatic heterocycles. The fourth-order valence-corrected chi connectivity index (χ4v) is 3.72. The Hall–Kier alpha value is -2.43. The van der Waals surface area contributed by atoms with Crippen molar-refractivity contribution in [2.75, 3.05) is 25.0 Å². The number of rotatable bonds is 6. The fraction of sp³-hybridized carbons (Fsp3) is 0.304. The SMILES string of the molecule is CC(CNc1ccc(-c2ccc(-c3ccc(Cl)cc3)cn2)cn1)N1CCCC1. The Labute approximate surface area is 171 Å². The molecule has 4 rings (SSSR count). The molecule has 144 valence electrons. The van der Waals surface area contributed by atoms with Gasteiger partial charge in [-0.1, -0.05) is 29.8 Å². The summed E-state index contributed by atoms with van der Waals surface area (Å²) in [5.41, 5.74) is 4.11. The minimum absolute atomic E-state index is 0.533. The molecule has 0 amide bonds. The molecule has 1 aliphatic rings. The minimum atomic E-state index is 0.533. The van der Waals surface area contributed by atoms with Crippen LogP contribution in [-0.2, 0) is 0 Å². The zero-order chi connectivity index (χ0) is 19.3. The quantitative estimate of drug-likeness (QED) is 0.613. The highest BCUT2D eigenvalue weighted by molar-refractivity contribution is 6.30. The highest BCUT2D eigenvalue weighted by Crippen LogP contribution is 2.24. The summed E-state index contributed by atoms with van der Waals surface area (Å²) in [4.78, 5) is 11.7. The van der Waals surface area contributed by atoms with Gasteiger partial charge in [0.2, 0.25) is 0 Å². The van der Waals surface area contributed by atoms with Crippen LogP contribution in [-0.4, -0.2) is 40.5 Å². The van der Waals surface area contributed by atoms with Gasteiger partial charge in [0, 0.05) is 41.1 Å². The van der Waals surface area contributed by atoms with Gasteiger partial charge in [0.1, 0.15) is 5.82 Å². The molecule has 5 heteroatoms. The van der Waals surface area contributed by atoms with Gasteiger partial charge in [-0.05, 0) is 68.8 Å². The van der Waals surface area contributed by atoms with Crippen LogP contribution in [0.2, 0.25) is 5.02 Å². The fourth-order valence-electron chi connectivity index (χ4n) is 3.59. The lowest BCUT2D eigenvalue weighted by Gasteiger charge is -2.24. The lowest BCUT2D eigenvalue weighted by atomic mass is 10.1. The zero-order valence-corrected chi connectivity index (χ0v) is 16.9. The molecule has 3 aromatic rings. The van der Waals surface area contributed by atoms with Crippen molar-refractivity contribution in [1.82, 2.24) is 14.9 Å². The van der Waals surface area contributed by atoms with E-state index in [0.717, 1.165) is 39.8 Å². The minimum Gasteiger partial charge on any atom is -0.369 e. The maximum atomic E-state index is 5.96. The summed E-state index contributed by atoms with van der Waals surface area (Å²) in [5, 5.41) is 4.19. The third kappa shape index (κ3) is 4.51. The summed E-state index contributed by atoms with van der Waals surface area (Å²) in [7, 11) is 0. The molecule has 1 fully saturated rings. The molecule has 3 heterocycles. The highest BCUT2D eigenvalue weighted by atomic mass is 35.5. The smallest absolute Gasteiger partial charge is 0.125 e. The van der Waals surface area contributed by atoms with Crippen LogP contribution >= 0.6 is 11.6 Å². The van der Waals surface area contributed by atoms with Gasteiger partial charge < -0.3 is 5.32 Å². The van der Waals surface area contributed by atoms with Gasteiger partial charge in [0.15, 0.2) is 0 Å². The van der Waals surface area contributed by atoms with Crippen molar-refractivity contribution in [3.05, 3.63) is 65.9 Å². The van der Waals surface area contributed by atoms with Gasteiger partial charge in [-0.3, -0.25) is 9.88 Å². The molecule has 0 aliphatic carbocycles. The number of hydrogen-bond donors (Lipinski definition) is 1. The van der Waals surface area contributed by atoms with Crippen LogP contribution in [0.4, 0.5) is 5.82 Å². The molecule has 4 nitrogen and oxygen atoms in total. The van der Waals surface area contributed by atoms with E-state index in [4.69, 9.17) is 11.6 Å². The molecule has 1 atom stereocenters. The predicted molar refractivity (Wildman–Crippen MR) is 117 cm³/mol. The lowest BCUT2D eigenvalue weighted by molar-refractivity contribution is 0.269. The van der Waals surface area contributed by atoms with Crippen LogP contribution in [0.15, 0.2) is 60.9 Å². The van der Waals surface area contributed by atoms with Crippen molar-refractivity contribution < 1.29 is 0 Å². The van der Waals surface area contributed by atoms with Crippen LogP contribution in [0.1, 0.15) is 19.8 Å². The van der Waals surface area contributed by atoms with Crippen molar-refractivity contribution in [2.45, 2.75) is 25.8 Å². The maximum Gasteiger partial charge on any atom is 0.125 e. The summed E-state index contributed by atoms with van der Waals surface area (Å²) in [6.07, 6.45) is 6.41. The third-order valence-electron chi connectivity index (χ3n) is 5.34. The standard InChI is InChI=1S/C23H25ClN4/c1-17(28-12-2-3-13-28)14-26-23-11-7-20(16-27-23)22-10-6-19(15-25-22)18-4-8-21(24)9-5-18/h4-11,15-17H,2-3,12-14H2,1H3,(H,26,27). The summed E-state index contributed by atoms with van der Waals surface area (Å²) in [6, 6.07) is 16.5. The van der Waals surface area contributed by atoms with E-state index < -0.39 is 0 Å². The summed E-state index contributed by atoms with van der Waals surface area (Å²) in [5.74, 6) is 0.910.